The number of carbonyl (C=O) groups is 2. The van der Waals surface area contributed by atoms with Crippen LogP contribution in [0.15, 0.2) is 67.1 Å². The molecule has 0 saturated carbocycles. The Morgan fingerprint density at radius 2 is 2.10 bits per heavy atom. The van der Waals surface area contributed by atoms with E-state index in [0.717, 1.165) is 16.7 Å². The predicted molar refractivity (Wildman–Crippen MR) is 154 cm³/mol. The Kier molecular flexibility index (Phi) is 8.39. The number of halogens is 2. The van der Waals surface area contributed by atoms with Gasteiger partial charge in [0, 0.05) is 36.5 Å². The van der Waals surface area contributed by atoms with Crippen LogP contribution in [0.1, 0.15) is 53.3 Å². The van der Waals surface area contributed by atoms with Crippen LogP contribution in [0.2, 0.25) is 5.02 Å². The molecule has 11 heteroatoms. The van der Waals surface area contributed by atoms with E-state index in [-0.39, 0.29) is 34.0 Å². The minimum absolute atomic E-state index is 0.0379. The first kappa shape index (κ1) is 28.0. The third kappa shape index (κ3) is 6.44. The second-order valence-corrected chi connectivity index (χ2v) is 10.1. The zero-order valence-electron chi connectivity index (χ0n) is 22.3. The van der Waals surface area contributed by atoms with Gasteiger partial charge < -0.3 is 15.4 Å². The van der Waals surface area contributed by atoms with E-state index in [2.05, 4.69) is 20.7 Å². The number of amides is 2. The first-order chi connectivity index (χ1) is 19.8. The van der Waals surface area contributed by atoms with Crippen molar-refractivity contribution in [2.24, 2.45) is 0 Å². The lowest BCUT2D eigenvalue weighted by Crippen LogP contribution is -2.29. The molecular weight excluding hydrogens is 547 g/mol. The lowest BCUT2D eigenvalue weighted by molar-refractivity contribution is -0.116. The largest absolute Gasteiger partial charge is 0.484 e. The molecule has 0 aliphatic carbocycles. The molecule has 1 aliphatic rings. The zero-order valence-corrected chi connectivity index (χ0v) is 23.0. The molecule has 3 heterocycles. The van der Waals surface area contributed by atoms with Crippen LogP contribution in [0.5, 0.6) is 0 Å². The van der Waals surface area contributed by atoms with E-state index in [1.807, 2.05) is 30.3 Å². The summed E-state index contributed by atoms with van der Waals surface area (Å²) in [6, 6.07) is 13.5. The highest BCUT2D eigenvalue weighted by molar-refractivity contribution is 6.30. The monoisotopic (exact) mass is 574 g/mol. The summed E-state index contributed by atoms with van der Waals surface area (Å²) < 4.78 is 20.8. The number of ether oxygens (including phenoxy) is 1. The summed E-state index contributed by atoms with van der Waals surface area (Å²) in [6.07, 6.45) is 6.98. The van der Waals surface area contributed by atoms with Gasteiger partial charge in [0.05, 0.1) is 35.6 Å². The molecule has 2 aromatic heterocycles. The van der Waals surface area contributed by atoms with Crippen LogP contribution in [-0.4, -0.2) is 39.6 Å². The highest BCUT2D eigenvalue weighted by atomic mass is 35.5. The molecular formula is C30H28ClFN6O3. The molecule has 210 valence electrons. The number of hydrogen-bond donors (Lipinski definition) is 3. The zero-order chi connectivity index (χ0) is 28.9. The van der Waals surface area contributed by atoms with E-state index >= 15 is 0 Å². The van der Waals surface area contributed by atoms with Gasteiger partial charge in [-0.15, -0.1) is 0 Å². The maximum Gasteiger partial charge on any atom is 0.255 e. The molecule has 2 amide bonds. The van der Waals surface area contributed by atoms with Gasteiger partial charge in [-0.2, -0.15) is 5.10 Å². The van der Waals surface area contributed by atoms with E-state index in [9.17, 15) is 14.0 Å². The molecule has 5 rings (SSSR count). The Morgan fingerprint density at radius 1 is 1.24 bits per heavy atom. The van der Waals surface area contributed by atoms with Gasteiger partial charge in [0.15, 0.2) is 11.7 Å². The summed E-state index contributed by atoms with van der Waals surface area (Å²) in [5.41, 5.74) is 4.15. The quantitative estimate of drug-likeness (QED) is 0.203. The number of anilines is 1. The minimum Gasteiger partial charge on any atom is -0.484 e. The van der Waals surface area contributed by atoms with Crippen molar-refractivity contribution in [3.05, 3.63) is 94.8 Å². The number of rotatable bonds is 5. The summed E-state index contributed by atoms with van der Waals surface area (Å²) in [6.45, 7) is 0. The standard InChI is InChI=1S/C30H28ClFN6O3/c1-41-27(33)14-18-9-10-21-19-11-12-34-25(15-19)23(6-2-3-8-28(39)36-24(21)13-18)37-30(40)20-16-35-38(17-20)26-7-4-5-22(31)29(26)32/h4-5,7,9-13,15-17,23,33H,2-3,6,8,14H2,1H3,(H,36,39)(H,37,40)/t23-/m0/s1. The van der Waals surface area contributed by atoms with Gasteiger partial charge in [0.2, 0.25) is 5.91 Å². The Labute approximate surface area is 241 Å². The number of methoxy groups -OCH3 is 1. The van der Waals surface area contributed by atoms with Gasteiger partial charge in [-0.1, -0.05) is 36.2 Å². The van der Waals surface area contributed by atoms with E-state index in [4.69, 9.17) is 21.7 Å². The number of fused-ring (bicyclic) bond motifs is 4. The van der Waals surface area contributed by atoms with Crippen LogP contribution in [0.4, 0.5) is 10.1 Å². The molecule has 0 unspecified atom stereocenters. The molecule has 41 heavy (non-hydrogen) atoms. The number of carbonyl (C=O) groups excluding carboxylic acids is 2. The first-order valence-electron chi connectivity index (χ1n) is 13.1. The number of nitrogens with zero attached hydrogens (tertiary/aromatic N) is 3. The minimum atomic E-state index is -0.627. The van der Waals surface area contributed by atoms with Gasteiger partial charge in [0.1, 0.15) is 5.69 Å². The topological polar surface area (TPSA) is 122 Å². The highest BCUT2D eigenvalue weighted by Gasteiger charge is 2.21. The molecule has 1 aliphatic heterocycles. The van der Waals surface area contributed by atoms with Crippen molar-refractivity contribution in [2.75, 3.05) is 12.4 Å². The van der Waals surface area contributed by atoms with Crippen LogP contribution in [0.25, 0.3) is 16.8 Å². The van der Waals surface area contributed by atoms with Crippen LogP contribution >= 0.6 is 11.6 Å². The summed E-state index contributed by atoms with van der Waals surface area (Å²) in [5, 5.41) is 18.0. The SMILES string of the molecule is COC(=N)Cc1ccc2c(c1)NC(=O)CCCC[C@H](NC(=O)c1cnn(-c3cccc(Cl)c3F)c1)c1cc-2ccn1. The van der Waals surface area contributed by atoms with E-state index in [0.29, 0.717) is 43.5 Å². The number of benzene rings is 2. The van der Waals surface area contributed by atoms with Gasteiger partial charge in [-0.05, 0) is 54.3 Å². The van der Waals surface area contributed by atoms with E-state index in [1.54, 1.807) is 12.3 Å². The Balaban J connectivity index is 1.43. The van der Waals surface area contributed by atoms with Crippen molar-refractivity contribution in [1.82, 2.24) is 20.1 Å². The van der Waals surface area contributed by atoms with Crippen molar-refractivity contribution in [2.45, 2.75) is 38.1 Å². The van der Waals surface area contributed by atoms with Crippen LogP contribution in [0.3, 0.4) is 0 Å². The Bertz CT molecular complexity index is 1620. The maximum atomic E-state index is 14.5. The summed E-state index contributed by atoms with van der Waals surface area (Å²) in [5.74, 6) is -0.997. The third-order valence-corrected chi connectivity index (χ3v) is 7.18. The van der Waals surface area contributed by atoms with Crippen molar-refractivity contribution in [3.8, 4) is 16.8 Å². The molecule has 0 fully saturated rings. The predicted octanol–water partition coefficient (Wildman–Crippen LogP) is 5.88. The number of nitrogens with one attached hydrogen (secondary N) is 3. The van der Waals surface area contributed by atoms with Crippen LogP contribution in [-0.2, 0) is 16.0 Å². The number of hydrogen-bond acceptors (Lipinski definition) is 6. The normalized spacial score (nSPS) is 15.1. The fraction of sp³-hybridized carbons (Fsp3) is 0.233. The summed E-state index contributed by atoms with van der Waals surface area (Å²) in [4.78, 5) is 30.6. The van der Waals surface area contributed by atoms with Crippen LogP contribution < -0.4 is 10.6 Å². The lowest BCUT2D eigenvalue weighted by atomic mass is 9.97. The second kappa shape index (κ2) is 12.3. The first-order valence-corrected chi connectivity index (χ1v) is 13.5. The van der Waals surface area contributed by atoms with Crippen LogP contribution in [0, 0.1) is 11.2 Å². The van der Waals surface area contributed by atoms with Gasteiger partial charge in [-0.3, -0.25) is 20.0 Å². The molecule has 9 nitrogen and oxygen atoms in total. The van der Waals surface area contributed by atoms with Gasteiger partial charge in [-0.25, -0.2) is 9.07 Å². The Hall–Kier alpha value is -4.57. The molecule has 3 N–H and O–H groups in total. The molecule has 0 saturated heterocycles. The number of aromatic nitrogens is 3. The number of pyridine rings is 1. The molecule has 2 aromatic carbocycles. The molecule has 0 radical (unpaired) electrons. The summed E-state index contributed by atoms with van der Waals surface area (Å²) in [7, 11) is 1.46. The van der Waals surface area contributed by atoms with E-state index in [1.165, 1.54) is 36.3 Å². The maximum absolute atomic E-state index is 14.5. The fourth-order valence-corrected chi connectivity index (χ4v) is 4.91. The summed E-state index contributed by atoms with van der Waals surface area (Å²) >= 11 is 5.90. The third-order valence-electron chi connectivity index (χ3n) is 6.89. The van der Waals surface area contributed by atoms with E-state index < -0.39 is 11.9 Å². The Morgan fingerprint density at radius 3 is 2.93 bits per heavy atom. The molecule has 4 aromatic rings. The molecule has 2 bridgehead atoms. The fourth-order valence-electron chi connectivity index (χ4n) is 4.74. The van der Waals surface area contributed by atoms with Crippen molar-refractivity contribution in [1.29, 1.82) is 5.41 Å². The lowest BCUT2D eigenvalue weighted by Gasteiger charge is -2.21. The van der Waals surface area contributed by atoms with Crippen molar-refractivity contribution < 1.29 is 18.7 Å². The molecule has 0 spiro atoms. The van der Waals surface area contributed by atoms with Crippen molar-refractivity contribution in [3.63, 3.8) is 0 Å². The van der Waals surface area contributed by atoms with Gasteiger partial charge in [0.25, 0.3) is 5.91 Å². The van der Waals surface area contributed by atoms with Crippen molar-refractivity contribution >= 4 is 35.0 Å². The average Bonchev–Trinajstić information content (AvgIpc) is 3.46. The molecule has 1 atom stereocenters. The highest BCUT2D eigenvalue weighted by Crippen LogP contribution is 2.32. The second-order valence-electron chi connectivity index (χ2n) is 9.72. The average molecular weight is 575 g/mol. The smallest absolute Gasteiger partial charge is 0.255 e. The van der Waals surface area contributed by atoms with Gasteiger partial charge >= 0.3 is 0 Å².